The van der Waals surface area contributed by atoms with E-state index in [0.717, 1.165) is 16.2 Å². The largest absolute Gasteiger partial charge is 0.496 e. The fourth-order valence-electron chi connectivity index (χ4n) is 1.59. The molecule has 0 aliphatic rings. The number of hydrogen-bond acceptors (Lipinski definition) is 4. The molecule has 0 fully saturated rings. The Morgan fingerprint density at radius 2 is 2.11 bits per heavy atom. The lowest BCUT2D eigenvalue weighted by Gasteiger charge is -2.06. The van der Waals surface area contributed by atoms with E-state index in [9.17, 15) is 4.79 Å². The van der Waals surface area contributed by atoms with E-state index < -0.39 is 0 Å². The zero-order valence-corrected chi connectivity index (χ0v) is 11.5. The second-order valence-corrected chi connectivity index (χ2v) is 4.64. The molecule has 0 aliphatic carbocycles. The maximum absolute atomic E-state index is 10.9. The Morgan fingerprint density at radius 1 is 1.26 bits per heavy atom. The highest BCUT2D eigenvalue weighted by atomic mass is 32.2. The Hall–Kier alpha value is -2.01. The first kappa shape index (κ1) is 13.4. The highest BCUT2D eigenvalue weighted by Crippen LogP contribution is 2.28. The van der Waals surface area contributed by atoms with Gasteiger partial charge < -0.3 is 4.74 Å². The molecule has 19 heavy (non-hydrogen) atoms. The van der Waals surface area contributed by atoms with E-state index in [0.29, 0.717) is 5.69 Å². The monoisotopic (exact) mass is 274 g/mol. The van der Waals surface area contributed by atoms with E-state index in [-0.39, 0.29) is 5.56 Å². The molecule has 1 aromatic heterocycles. The molecule has 0 amide bonds. The highest BCUT2D eigenvalue weighted by molar-refractivity contribution is 7.98. The summed E-state index contributed by atoms with van der Waals surface area (Å²) in [4.78, 5) is 12.0. The number of H-pyrrole nitrogens is 1. The summed E-state index contributed by atoms with van der Waals surface area (Å²) >= 11 is 1.64. The molecule has 0 unspecified atom stereocenters. The molecule has 0 atom stereocenters. The summed E-state index contributed by atoms with van der Waals surface area (Å²) in [5, 5.41) is 6.30. The number of thioether (sulfide) groups is 1. The zero-order valence-electron chi connectivity index (χ0n) is 10.7. The van der Waals surface area contributed by atoms with Gasteiger partial charge in [0.25, 0.3) is 5.56 Å². The maximum atomic E-state index is 10.9. The normalized spacial score (nSPS) is 10.8. The standard InChI is InChI=1S/C14H14N2O2S/c1-18-12-9-10(4-7-13(12)19-2)3-5-11-6-8-14(17)16-15-11/h3-9H,1-2H3,(H,16,17). The summed E-state index contributed by atoms with van der Waals surface area (Å²) in [6.45, 7) is 0. The number of rotatable bonds is 4. The molecular formula is C14H14N2O2S. The number of hydrogen-bond donors (Lipinski definition) is 1. The fourth-order valence-corrected chi connectivity index (χ4v) is 2.13. The quantitative estimate of drug-likeness (QED) is 0.871. The summed E-state index contributed by atoms with van der Waals surface area (Å²) in [5.74, 6) is 0.851. The average Bonchev–Trinajstić information content (AvgIpc) is 2.46. The van der Waals surface area contributed by atoms with Crippen LogP contribution in [0.4, 0.5) is 0 Å². The SMILES string of the molecule is COc1cc(C=Cc2ccc(=O)[nH]n2)ccc1SC. The van der Waals surface area contributed by atoms with E-state index in [4.69, 9.17) is 4.74 Å². The van der Waals surface area contributed by atoms with Crippen LogP contribution < -0.4 is 10.3 Å². The Morgan fingerprint density at radius 3 is 2.74 bits per heavy atom. The number of aromatic amines is 1. The molecule has 0 radical (unpaired) electrons. The van der Waals surface area contributed by atoms with Gasteiger partial charge in [-0.3, -0.25) is 4.79 Å². The minimum absolute atomic E-state index is 0.205. The number of ether oxygens (including phenoxy) is 1. The van der Waals surface area contributed by atoms with Crippen LogP contribution in [0.3, 0.4) is 0 Å². The minimum atomic E-state index is -0.205. The van der Waals surface area contributed by atoms with Gasteiger partial charge in [-0.25, -0.2) is 5.10 Å². The third kappa shape index (κ3) is 3.48. The topological polar surface area (TPSA) is 55.0 Å². The van der Waals surface area contributed by atoms with E-state index >= 15 is 0 Å². The Kier molecular flexibility index (Phi) is 4.41. The molecule has 1 heterocycles. The van der Waals surface area contributed by atoms with Crippen molar-refractivity contribution in [1.82, 2.24) is 10.2 Å². The van der Waals surface area contributed by atoms with Gasteiger partial charge in [-0.15, -0.1) is 11.8 Å². The van der Waals surface area contributed by atoms with E-state index in [1.54, 1.807) is 24.9 Å². The molecule has 5 heteroatoms. The predicted octanol–water partition coefficient (Wildman–Crippen LogP) is 2.67. The van der Waals surface area contributed by atoms with Crippen LogP contribution in [-0.2, 0) is 0 Å². The van der Waals surface area contributed by atoms with Gasteiger partial charge in [-0.1, -0.05) is 12.1 Å². The van der Waals surface area contributed by atoms with Crippen molar-refractivity contribution in [2.24, 2.45) is 0 Å². The molecule has 0 spiro atoms. The summed E-state index contributed by atoms with van der Waals surface area (Å²) in [6, 6.07) is 9.11. The second kappa shape index (κ2) is 6.24. The molecule has 1 aromatic carbocycles. The minimum Gasteiger partial charge on any atom is -0.496 e. The maximum Gasteiger partial charge on any atom is 0.264 e. The molecule has 0 saturated carbocycles. The van der Waals surface area contributed by atoms with Crippen molar-refractivity contribution in [1.29, 1.82) is 0 Å². The van der Waals surface area contributed by atoms with Gasteiger partial charge in [0.2, 0.25) is 0 Å². The van der Waals surface area contributed by atoms with Crippen molar-refractivity contribution in [2.75, 3.05) is 13.4 Å². The molecule has 0 aliphatic heterocycles. The smallest absolute Gasteiger partial charge is 0.264 e. The van der Waals surface area contributed by atoms with Crippen molar-refractivity contribution in [3.05, 3.63) is 51.9 Å². The van der Waals surface area contributed by atoms with Gasteiger partial charge in [-0.05, 0) is 36.1 Å². The second-order valence-electron chi connectivity index (χ2n) is 3.79. The number of nitrogens with one attached hydrogen (secondary N) is 1. The number of methoxy groups -OCH3 is 1. The predicted molar refractivity (Wildman–Crippen MR) is 78.6 cm³/mol. The lowest BCUT2D eigenvalue weighted by atomic mass is 10.2. The van der Waals surface area contributed by atoms with Gasteiger partial charge in [0, 0.05) is 11.0 Å². The summed E-state index contributed by atoms with van der Waals surface area (Å²) in [5.41, 5.74) is 1.51. The van der Waals surface area contributed by atoms with Crippen LogP contribution in [0, 0.1) is 0 Å². The molecule has 98 valence electrons. The summed E-state index contributed by atoms with van der Waals surface area (Å²) < 4.78 is 5.33. The zero-order chi connectivity index (χ0) is 13.7. The third-order valence-electron chi connectivity index (χ3n) is 2.55. The Bertz CT molecular complexity index is 630. The van der Waals surface area contributed by atoms with Crippen LogP contribution in [0.25, 0.3) is 12.2 Å². The fraction of sp³-hybridized carbons (Fsp3) is 0.143. The molecule has 0 saturated heterocycles. The van der Waals surface area contributed by atoms with E-state index in [1.165, 1.54) is 6.07 Å². The van der Waals surface area contributed by atoms with E-state index in [1.807, 2.05) is 36.6 Å². The molecular weight excluding hydrogens is 260 g/mol. The third-order valence-corrected chi connectivity index (χ3v) is 3.33. The molecule has 2 rings (SSSR count). The van der Waals surface area contributed by atoms with Gasteiger partial charge >= 0.3 is 0 Å². The van der Waals surface area contributed by atoms with Crippen LogP contribution in [0.1, 0.15) is 11.3 Å². The lowest BCUT2D eigenvalue weighted by Crippen LogP contribution is -2.05. The number of nitrogens with zero attached hydrogens (tertiary/aromatic N) is 1. The van der Waals surface area contributed by atoms with Crippen molar-refractivity contribution >= 4 is 23.9 Å². The summed E-state index contributed by atoms with van der Waals surface area (Å²) in [6.07, 6.45) is 5.77. The molecule has 4 nitrogen and oxygen atoms in total. The van der Waals surface area contributed by atoms with Crippen LogP contribution >= 0.6 is 11.8 Å². The molecule has 0 bridgehead atoms. The lowest BCUT2D eigenvalue weighted by molar-refractivity contribution is 0.405. The first-order valence-electron chi connectivity index (χ1n) is 5.69. The number of benzene rings is 1. The first-order valence-corrected chi connectivity index (χ1v) is 6.91. The van der Waals surface area contributed by atoms with Gasteiger partial charge in [0.05, 0.1) is 12.8 Å². The van der Waals surface area contributed by atoms with Crippen molar-refractivity contribution in [3.8, 4) is 5.75 Å². The van der Waals surface area contributed by atoms with Crippen LogP contribution in [-0.4, -0.2) is 23.6 Å². The average molecular weight is 274 g/mol. The molecule has 1 N–H and O–H groups in total. The van der Waals surface area contributed by atoms with Crippen molar-refractivity contribution < 1.29 is 4.74 Å². The van der Waals surface area contributed by atoms with E-state index in [2.05, 4.69) is 10.2 Å². The van der Waals surface area contributed by atoms with Crippen LogP contribution in [0.5, 0.6) is 5.75 Å². The highest BCUT2D eigenvalue weighted by Gasteiger charge is 2.01. The van der Waals surface area contributed by atoms with Crippen LogP contribution in [0.2, 0.25) is 0 Å². The van der Waals surface area contributed by atoms with Crippen molar-refractivity contribution in [2.45, 2.75) is 4.90 Å². The van der Waals surface area contributed by atoms with Gasteiger partial charge in [0.15, 0.2) is 0 Å². The van der Waals surface area contributed by atoms with Gasteiger partial charge in [0.1, 0.15) is 5.75 Å². The Labute approximate surface area is 115 Å². The van der Waals surface area contributed by atoms with Crippen molar-refractivity contribution in [3.63, 3.8) is 0 Å². The number of aromatic nitrogens is 2. The Balaban J connectivity index is 2.23. The first-order chi connectivity index (χ1) is 9.22. The molecule has 2 aromatic rings. The van der Waals surface area contributed by atoms with Crippen LogP contribution in [0.15, 0.2) is 40.0 Å². The van der Waals surface area contributed by atoms with Gasteiger partial charge in [-0.2, -0.15) is 5.10 Å². The summed E-state index contributed by atoms with van der Waals surface area (Å²) in [7, 11) is 1.66.